The Morgan fingerprint density at radius 2 is 1.84 bits per heavy atom. The molecule has 0 bridgehead atoms. The first-order valence-electron chi connectivity index (χ1n) is 7.09. The Bertz CT molecular complexity index is 405. The van der Waals surface area contributed by atoms with Gasteiger partial charge in [-0.15, -0.1) is 0 Å². The molecule has 0 aliphatic rings. The molecule has 0 aliphatic heterocycles. The van der Waals surface area contributed by atoms with Crippen LogP contribution in [-0.4, -0.2) is 28.5 Å². The van der Waals surface area contributed by atoms with E-state index in [1.165, 1.54) is 0 Å². The molecule has 0 saturated heterocycles. The number of rotatable bonds is 6. The van der Waals surface area contributed by atoms with Crippen LogP contribution in [0.15, 0.2) is 18.2 Å². The van der Waals surface area contributed by atoms with Crippen molar-refractivity contribution in [3.05, 3.63) is 29.6 Å². The molecule has 0 radical (unpaired) electrons. The van der Waals surface area contributed by atoms with Gasteiger partial charge in [0, 0.05) is 24.3 Å². The summed E-state index contributed by atoms with van der Waals surface area (Å²) < 4.78 is 0. The number of nitrogens with zero attached hydrogens (tertiary/aromatic N) is 2. The SMILES string of the molecule is CCN(Cc1cccc(C)n1)CC(C)(C)C(C)(C)N. The maximum absolute atomic E-state index is 6.29. The fourth-order valence-electron chi connectivity index (χ4n) is 1.96. The highest BCUT2D eigenvalue weighted by molar-refractivity contribution is 5.10. The van der Waals surface area contributed by atoms with E-state index in [4.69, 9.17) is 5.73 Å². The normalized spacial score (nSPS) is 13.1. The summed E-state index contributed by atoms with van der Waals surface area (Å²) in [4.78, 5) is 6.99. The van der Waals surface area contributed by atoms with Crippen molar-refractivity contribution in [3.63, 3.8) is 0 Å². The number of nitrogens with two attached hydrogens (primary N) is 1. The minimum absolute atomic E-state index is 0.0623. The lowest BCUT2D eigenvalue weighted by molar-refractivity contribution is 0.111. The Kier molecular flexibility index (Phi) is 5.11. The van der Waals surface area contributed by atoms with Crippen molar-refractivity contribution in [2.45, 2.75) is 53.6 Å². The van der Waals surface area contributed by atoms with Crippen LogP contribution in [0.4, 0.5) is 0 Å². The summed E-state index contributed by atoms with van der Waals surface area (Å²) in [6, 6.07) is 6.20. The molecule has 1 rings (SSSR count). The zero-order chi connectivity index (χ0) is 14.7. The lowest BCUT2D eigenvalue weighted by atomic mass is 9.75. The van der Waals surface area contributed by atoms with Crippen LogP contribution in [0.5, 0.6) is 0 Å². The van der Waals surface area contributed by atoms with E-state index < -0.39 is 0 Å². The molecule has 3 heteroatoms. The standard InChI is InChI=1S/C16H29N3/c1-7-19(12-15(3,4)16(5,6)17)11-14-10-8-9-13(2)18-14/h8-10H,7,11-12,17H2,1-6H3. The maximum Gasteiger partial charge on any atom is 0.0547 e. The Balaban J connectivity index is 2.75. The molecule has 0 amide bonds. The Morgan fingerprint density at radius 3 is 2.32 bits per heavy atom. The fourth-order valence-corrected chi connectivity index (χ4v) is 1.96. The van der Waals surface area contributed by atoms with Crippen molar-refractivity contribution in [1.82, 2.24) is 9.88 Å². The van der Waals surface area contributed by atoms with Gasteiger partial charge in [-0.05, 0) is 44.9 Å². The minimum atomic E-state index is -0.194. The van der Waals surface area contributed by atoms with E-state index in [0.29, 0.717) is 0 Å². The van der Waals surface area contributed by atoms with E-state index in [1.54, 1.807) is 0 Å². The van der Waals surface area contributed by atoms with Gasteiger partial charge in [-0.1, -0.05) is 26.8 Å². The monoisotopic (exact) mass is 263 g/mol. The van der Waals surface area contributed by atoms with E-state index in [2.05, 4.69) is 56.6 Å². The molecule has 0 aliphatic carbocycles. The van der Waals surface area contributed by atoms with Crippen molar-refractivity contribution in [2.24, 2.45) is 11.1 Å². The van der Waals surface area contributed by atoms with Crippen molar-refractivity contribution < 1.29 is 0 Å². The van der Waals surface area contributed by atoms with Crippen LogP contribution in [-0.2, 0) is 6.54 Å². The average molecular weight is 263 g/mol. The van der Waals surface area contributed by atoms with Gasteiger partial charge >= 0.3 is 0 Å². The van der Waals surface area contributed by atoms with Crippen LogP contribution in [0.3, 0.4) is 0 Å². The molecule has 19 heavy (non-hydrogen) atoms. The molecule has 0 atom stereocenters. The van der Waals surface area contributed by atoms with E-state index >= 15 is 0 Å². The minimum Gasteiger partial charge on any atom is -0.325 e. The zero-order valence-electron chi connectivity index (χ0n) is 13.3. The van der Waals surface area contributed by atoms with Gasteiger partial charge in [0.25, 0.3) is 0 Å². The summed E-state index contributed by atoms with van der Waals surface area (Å²) in [5, 5.41) is 0. The van der Waals surface area contributed by atoms with Gasteiger partial charge in [0.1, 0.15) is 0 Å². The van der Waals surface area contributed by atoms with Crippen LogP contribution in [0.2, 0.25) is 0 Å². The van der Waals surface area contributed by atoms with Crippen LogP contribution in [0.25, 0.3) is 0 Å². The number of pyridine rings is 1. The molecular weight excluding hydrogens is 234 g/mol. The van der Waals surface area contributed by atoms with Crippen LogP contribution < -0.4 is 5.73 Å². The molecular formula is C16H29N3. The predicted molar refractivity (Wildman–Crippen MR) is 82.0 cm³/mol. The van der Waals surface area contributed by atoms with Crippen molar-refractivity contribution in [3.8, 4) is 0 Å². The third kappa shape index (κ3) is 4.59. The lowest BCUT2D eigenvalue weighted by Gasteiger charge is -2.42. The topological polar surface area (TPSA) is 42.2 Å². The van der Waals surface area contributed by atoms with Gasteiger partial charge in [0.05, 0.1) is 5.69 Å². The average Bonchev–Trinajstić information content (AvgIpc) is 2.26. The van der Waals surface area contributed by atoms with Crippen molar-refractivity contribution >= 4 is 0 Å². The number of hydrogen-bond donors (Lipinski definition) is 1. The van der Waals surface area contributed by atoms with E-state index in [1.807, 2.05) is 13.0 Å². The Labute approximate surface area is 118 Å². The van der Waals surface area contributed by atoms with Gasteiger partial charge in [-0.25, -0.2) is 0 Å². The third-order valence-electron chi connectivity index (χ3n) is 4.14. The molecule has 0 spiro atoms. The Morgan fingerprint density at radius 1 is 1.21 bits per heavy atom. The highest BCUT2D eigenvalue weighted by atomic mass is 15.1. The molecule has 0 unspecified atom stereocenters. The first-order chi connectivity index (χ1) is 8.65. The van der Waals surface area contributed by atoms with Gasteiger partial charge < -0.3 is 5.73 Å². The molecule has 108 valence electrons. The van der Waals surface area contributed by atoms with Gasteiger partial charge in [0.15, 0.2) is 0 Å². The van der Waals surface area contributed by atoms with E-state index in [0.717, 1.165) is 31.0 Å². The van der Waals surface area contributed by atoms with Crippen molar-refractivity contribution in [1.29, 1.82) is 0 Å². The molecule has 1 aromatic heterocycles. The number of hydrogen-bond acceptors (Lipinski definition) is 3. The second-order valence-corrected chi connectivity index (χ2v) is 6.68. The quantitative estimate of drug-likeness (QED) is 0.858. The van der Waals surface area contributed by atoms with Crippen molar-refractivity contribution in [2.75, 3.05) is 13.1 Å². The highest BCUT2D eigenvalue weighted by Gasteiger charge is 2.34. The summed E-state index contributed by atoms with van der Waals surface area (Å²) in [5.41, 5.74) is 8.37. The Hall–Kier alpha value is -0.930. The van der Waals surface area contributed by atoms with Gasteiger partial charge in [0.2, 0.25) is 0 Å². The van der Waals surface area contributed by atoms with Crippen LogP contribution in [0, 0.1) is 12.3 Å². The number of aryl methyl sites for hydroxylation is 1. The summed E-state index contributed by atoms with van der Waals surface area (Å²) >= 11 is 0. The lowest BCUT2D eigenvalue weighted by Crippen LogP contribution is -2.52. The highest BCUT2D eigenvalue weighted by Crippen LogP contribution is 2.29. The van der Waals surface area contributed by atoms with Gasteiger partial charge in [-0.3, -0.25) is 9.88 Å². The third-order valence-corrected chi connectivity index (χ3v) is 4.14. The molecule has 0 aromatic carbocycles. The molecule has 3 nitrogen and oxygen atoms in total. The summed E-state index contributed by atoms with van der Waals surface area (Å²) in [5.74, 6) is 0. The van der Waals surface area contributed by atoms with E-state index in [-0.39, 0.29) is 11.0 Å². The summed E-state index contributed by atoms with van der Waals surface area (Å²) in [6.45, 7) is 15.8. The van der Waals surface area contributed by atoms with Gasteiger partial charge in [-0.2, -0.15) is 0 Å². The molecule has 0 saturated carbocycles. The largest absolute Gasteiger partial charge is 0.325 e. The molecule has 1 heterocycles. The second kappa shape index (κ2) is 6.02. The van der Waals surface area contributed by atoms with E-state index in [9.17, 15) is 0 Å². The molecule has 1 aromatic rings. The second-order valence-electron chi connectivity index (χ2n) is 6.68. The number of aromatic nitrogens is 1. The van der Waals surface area contributed by atoms with Crippen LogP contribution >= 0.6 is 0 Å². The first kappa shape index (κ1) is 16.1. The molecule has 0 fully saturated rings. The maximum atomic E-state index is 6.29. The fraction of sp³-hybridized carbons (Fsp3) is 0.688. The smallest absolute Gasteiger partial charge is 0.0547 e. The molecule has 2 N–H and O–H groups in total. The van der Waals surface area contributed by atoms with Crippen LogP contribution in [0.1, 0.15) is 46.0 Å². The summed E-state index contributed by atoms with van der Waals surface area (Å²) in [6.07, 6.45) is 0. The first-order valence-corrected chi connectivity index (χ1v) is 7.09. The predicted octanol–water partition coefficient (Wildman–Crippen LogP) is 2.98. The summed E-state index contributed by atoms with van der Waals surface area (Å²) in [7, 11) is 0. The zero-order valence-corrected chi connectivity index (χ0v) is 13.3.